The molecule has 0 aromatic heterocycles. The van der Waals surface area contributed by atoms with Gasteiger partial charge < -0.3 is 14.8 Å². The summed E-state index contributed by atoms with van der Waals surface area (Å²) in [6.45, 7) is 0.427. The molecule has 7 heteroatoms. The Hall–Kier alpha value is -3.35. The van der Waals surface area contributed by atoms with E-state index in [1.54, 1.807) is 25.3 Å². The normalized spacial score (nSPS) is 14.6. The quantitative estimate of drug-likeness (QED) is 0.308. The number of hydrogen-bond acceptors (Lipinski definition) is 5. The van der Waals surface area contributed by atoms with Crippen LogP contribution < -0.4 is 20.2 Å². The summed E-state index contributed by atoms with van der Waals surface area (Å²) in [5, 5.41) is 6.69. The molecule has 0 heterocycles. The lowest BCUT2D eigenvalue weighted by Gasteiger charge is -2.15. The van der Waals surface area contributed by atoms with Gasteiger partial charge in [-0.25, -0.2) is 5.43 Å². The minimum absolute atomic E-state index is 0.0671. The van der Waals surface area contributed by atoms with Gasteiger partial charge in [0.05, 0.1) is 13.3 Å². The number of hydrazone groups is 1. The molecule has 0 bridgehead atoms. The van der Waals surface area contributed by atoms with Crippen molar-refractivity contribution < 1.29 is 19.1 Å². The van der Waals surface area contributed by atoms with Gasteiger partial charge in [-0.3, -0.25) is 9.59 Å². The largest absolute Gasteiger partial charge is 0.493 e. The molecule has 0 unspecified atom stereocenters. The summed E-state index contributed by atoms with van der Waals surface area (Å²) in [4.78, 5) is 24.1. The summed E-state index contributed by atoms with van der Waals surface area (Å²) in [5.41, 5.74) is 4.04. The van der Waals surface area contributed by atoms with E-state index in [9.17, 15) is 9.59 Å². The van der Waals surface area contributed by atoms with Crippen molar-refractivity contribution in [2.75, 3.05) is 7.11 Å². The van der Waals surface area contributed by atoms with Gasteiger partial charge in [0, 0.05) is 6.04 Å². The van der Waals surface area contributed by atoms with E-state index in [-0.39, 0.29) is 6.04 Å². The number of nitrogens with one attached hydrogen (secondary N) is 2. The standard InChI is InChI=1S/C24H29N3O4/c1-30-22-15-19(13-14-21(22)31-17-18-9-5-4-6-10-18)16-25-27-24(29)23(28)26-20-11-7-2-3-8-12-20/h4-6,9-10,13-16,20H,2-3,7-8,11-12,17H2,1H3,(H,26,28)(H,27,29)/b25-16-. The molecule has 1 saturated carbocycles. The Kier molecular flexibility index (Phi) is 8.46. The van der Waals surface area contributed by atoms with Gasteiger partial charge >= 0.3 is 11.8 Å². The molecule has 2 aromatic rings. The van der Waals surface area contributed by atoms with Gasteiger partial charge in [0.25, 0.3) is 0 Å². The first kappa shape index (κ1) is 22.3. The zero-order valence-electron chi connectivity index (χ0n) is 17.8. The molecular formula is C24H29N3O4. The van der Waals surface area contributed by atoms with Crippen LogP contribution in [0.4, 0.5) is 0 Å². The third kappa shape index (κ3) is 7.13. The van der Waals surface area contributed by atoms with E-state index in [1.165, 1.54) is 19.1 Å². The van der Waals surface area contributed by atoms with Crippen molar-refractivity contribution in [3.63, 3.8) is 0 Å². The van der Waals surface area contributed by atoms with Gasteiger partial charge in [-0.05, 0) is 42.2 Å². The van der Waals surface area contributed by atoms with Crippen LogP contribution in [0, 0.1) is 0 Å². The molecule has 2 N–H and O–H groups in total. The average molecular weight is 424 g/mol. The number of methoxy groups -OCH3 is 1. The lowest BCUT2D eigenvalue weighted by molar-refractivity contribution is -0.139. The van der Waals surface area contributed by atoms with E-state index >= 15 is 0 Å². The first-order valence-corrected chi connectivity index (χ1v) is 10.6. The van der Waals surface area contributed by atoms with Crippen molar-refractivity contribution in [2.24, 2.45) is 5.10 Å². The van der Waals surface area contributed by atoms with Crippen LogP contribution in [0.3, 0.4) is 0 Å². The minimum Gasteiger partial charge on any atom is -0.493 e. The number of nitrogens with zero attached hydrogens (tertiary/aromatic N) is 1. The van der Waals surface area contributed by atoms with Crippen molar-refractivity contribution in [1.82, 2.24) is 10.7 Å². The minimum atomic E-state index is -0.768. The van der Waals surface area contributed by atoms with E-state index in [0.29, 0.717) is 23.7 Å². The molecule has 2 aromatic carbocycles. The number of amides is 2. The summed E-state index contributed by atoms with van der Waals surface area (Å²) in [6.07, 6.45) is 7.82. The SMILES string of the molecule is COc1cc(/C=N\NC(=O)C(=O)NC2CCCCCC2)ccc1OCc1ccccc1. The fraction of sp³-hybridized carbons (Fsp3) is 0.375. The Morgan fingerprint density at radius 1 is 1.00 bits per heavy atom. The second-order valence-corrected chi connectivity index (χ2v) is 7.55. The summed E-state index contributed by atoms with van der Waals surface area (Å²) in [5.74, 6) is -0.255. The summed E-state index contributed by atoms with van der Waals surface area (Å²) >= 11 is 0. The van der Waals surface area contributed by atoms with Crippen LogP contribution in [-0.2, 0) is 16.2 Å². The highest BCUT2D eigenvalue weighted by Gasteiger charge is 2.19. The number of rotatable bonds is 7. The maximum Gasteiger partial charge on any atom is 0.329 e. The Morgan fingerprint density at radius 3 is 2.45 bits per heavy atom. The highest BCUT2D eigenvalue weighted by molar-refractivity contribution is 6.35. The van der Waals surface area contributed by atoms with Crippen LogP contribution in [-0.4, -0.2) is 31.2 Å². The fourth-order valence-electron chi connectivity index (χ4n) is 3.51. The second-order valence-electron chi connectivity index (χ2n) is 7.55. The molecule has 31 heavy (non-hydrogen) atoms. The molecule has 164 valence electrons. The van der Waals surface area contributed by atoms with Gasteiger partial charge in [-0.15, -0.1) is 0 Å². The maximum absolute atomic E-state index is 12.1. The smallest absolute Gasteiger partial charge is 0.329 e. The highest BCUT2D eigenvalue weighted by atomic mass is 16.5. The summed E-state index contributed by atoms with van der Waals surface area (Å²) in [7, 11) is 1.56. The Labute approximate surface area is 182 Å². The summed E-state index contributed by atoms with van der Waals surface area (Å²) < 4.78 is 11.2. The fourth-order valence-corrected chi connectivity index (χ4v) is 3.51. The molecular weight excluding hydrogens is 394 g/mol. The zero-order valence-corrected chi connectivity index (χ0v) is 17.8. The van der Waals surface area contributed by atoms with Crippen LogP contribution in [0.1, 0.15) is 49.7 Å². The Balaban J connectivity index is 1.51. The third-order valence-corrected chi connectivity index (χ3v) is 5.20. The van der Waals surface area contributed by atoms with Crippen molar-refractivity contribution >= 4 is 18.0 Å². The van der Waals surface area contributed by atoms with Crippen molar-refractivity contribution in [3.05, 3.63) is 59.7 Å². The van der Waals surface area contributed by atoms with Crippen LogP contribution >= 0.6 is 0 Å². The number of benzene rings is 2. The summed E-state index contributed by atoms with van der Waals surface area (Å²) in [6, 6.07) is 15.2. The molecule has 2 amide bonds. The highest BCUT2D eigenvalue weighted by Crippen LogP contribution is 2.28. The third-order valence-electron chi connectivity index (χ3n) is 5.20. The molecule has 3 rings (SSSR count). The van der Waals surface area contributed by atoms with E-state index in [0.717, 1.165) is 31.2 Å². The molecule has 0 spiro atoms. The van der Waals surface area contributed by atoms with Gasteiger partial charge in [-0.1, -0.05) is 56.0 Å². The second kappa shape index (κ2) is 11.7. The molecule has 0 atom stereocenters. The average Bonchev–Trinajstić information content (AvgIpc) is 3.07. The van der Waals surface area contributed by atoms with Gasteiger partial charge in [0.1, 0.15) is 6.61 Å². The molecule has 0 radical (unpaired) electrons. The number of carbonyl (C=O) groups excluding carboxylic acids is 2. The van der Waals surface area contributed by atoms with Crippen molar-refractivity contribution in [2.45, 2.75) is 51.2 Å². The molecule has 1 fully saturated rings. The van der Waals surface area contributed by atoms with Crippen LogP contribution in [0.2, 0.25) is 0 Å². The van der Waals surface area contributed by atoms with Crippen LogP contribution in [0.15, 0.2) is 53.6 Å². The first-order chi connectivity index (χ1) is 15.2. The number of carbonyl (C=O) groups is 2. The first-order valence-electron chi connectivity index (χ1n) is 10.6. The van der Waals surface area contributed by atoms with Crippen LogP contribution in [0.25, 0.3) is 0 Å². The van der Waals surface area contributed by atoms with E-state index in [1.807, 2.05) is 30.3 Å². The number of hydrogen-bond donors (Lipinski definition) is 2. The lowest BCUT2D eigenvalue weighted by Crippen LogP contribution is -2.43. The molecule has 0 aliphatic heterocycles. The van der Waals surface area contributed by atoms with E-state index in [4.69, 9.17) is 9.47 Å². The Bertz CT molecular complexity index is 891. The maximum atomic E-state index is 12.1. The molecule has 1 aliphatic rings. The predicted molar refractivity (Wildman–Crippen MR) is 119 cm³/mol. The van der Waals surface area contributed by atoms with Gasteiger partial charge in [0.15, 0.2) is 11.5 Å². The number of ether oxygens (including phenoxy) is 2. The predicted octanol–water partition coefficient (Wildman–Crippen LogP) is 3.56. The Morgan fingerprint density at radius 2 is 1.74 bits per heavy atom. The lowest BCUT2D eigenvalue weighted by atomic mass is 10.1. The molecule has 7 nitrogen and oxygen atoms in total. The van der Waals surface area contributed by atoms with Crippen molar-refractivity contribution in [1.29, 1.82) is 0 Å². The zero-order chi connectivity index (χ0) is 21.9. The van der Waals surface area contributed by atoms with E-state index in [2.05, 4.69) is 15.8 Å². The topological polar surface area (TPSA) is 89.0 Å². The van der Waals surface area contributed by atoms with Gasteiger partial charge in [-0.2, -0.15) is 5.10 Å². The monoisotopic (exact) mass is 423 g/mol. The molecule has 0 saturated heterocycles. The van der Waals surface area contributed by atoms with Crippen molar-refractivity contribution in [3.8, 4) is 11.5 Å². The van der Waals surface area contributed by atoms with Crippen LogP contribution in [0.5, 0.6) is 11.5 Å². The van der Waals surface area contributed by atoms with Gasteiger partial charge in [0.2, 0.25) is 0 Å². The van der Waals surface area contributed by atoms with E-state index < -0.39 is 11.8 Å². The molecule has 1 aliphatic carbocycles.